The van der Waals surface area contributed by atoms with E-state index in [9.17, 15) is 14.0 Å². The molecule has 6 nitrogen and oxygen atoms in total. The van der Waals surface area contributed by atoms with Gasteiger partial charge in [-0.1, -0.05) is 24.3 Å². The number of aromatic nitrogens is 1. The van der Waals surface area contributed by atoms with Gasteiger partial charge < -0.3 is 15.4 Å². The van der Waals surface area contributed by atoms with Crippen LogP contribution in [-0.2, 0) is 11.3 Å². The lowest BCUT2D eigenvalue weighted by Gasteiger charge is -2.07. The Kier molecular flexibility index (Phi) is 6.39. The van der Waals surface area contributed by atoms with E-state index in [4.69, 9.17) is 4.74 Å². The van der Waals surface area contributed by atoms with Gasteiger partial charge in [0.2, 0.25) is 0 Å². The SMILES string of the molecule is COCCNC(=O)c1cccc(C(=O)NCc2ccccc2F)n1. The lowest BCUT2D eigenvalue weighted by molar-refractivity contribution is 0.0930. The number of nitrogens with zero attached hydrogens (tertiary/aromatic N) is 1. The molecule has 1 aromatic carbocycles. The fourth-order valence-corrected chi connectivity index (χ4v) is 1.95. The first-order chi connectivity index (χ1) is 11.6. The van der Waals surface area contributed by atoms with Gasteiger partial charge in [-0.05, 0) is 18.2 Å². The Balaban J connectivity index is 1.98. The van der Waals surface area contributed by atoms with Gasteiger partial charge in [-0.3, -0.25) is 9.59 Å². The number of amides is 2. The van der Waals surface area contributed by atoms with Crippen LogP contribution in [0.25, 0.3) is 0 Å². The number of carbonyl (C=O) groups is 2. The summed E-state index contributed by atoms with van der Waals surface area (Å²) in [4.78, 5) is 28.1. The highest BCUT2D eigenvalue weighted by Gasteiger charge is 2.12. The van der Waals surface area contributed by atoms with Gasteiger partial charge in [0.05, 0.1) is 6.61 Å². The summed E-state index contributed by atoms with van der Waals surface area (Å²) in [5.74, 6) is -1.27. The number of nitrogens with one attached hydrogen (secondary N) is 2. The van der Waals surface area contributed by atoms with E-state index in [0.29, 0.717) is 18.7 Å². The Hall–Kier alpha value is -2.80. The summed E-state index contributed by atoms with van der Waals surface area (Å²) in [6.45, 7) is 0.771. The van der Waals surface area contributed by atoms with Crippen LogP contribution in [0, 0.1) is 5.82 Å². The second kappa shape index (κ2) is 8.73. The molecule has 0 radical (unpaired) electrons. The van der Waals surface area contributed by atoms with Crippen molar-refractivity contribution in [3.05, 3.63) is 65.2 Å². The molecular formula is C17H18FN3O3. The molecule has 0 aliphatic rings. The Morgan fingerprint density at radius 1 is 1.04 bits per heavy atom. The fraction of sp³-hybridized carbons (Fsp3) is 0.235. The average Bonchev–Trinajstić information content (AvgIpc) is 2.61. The van der Waals surface area contributed by atoms with E-state index < -0.39 is 17.6 Å². The van der Waals surface area contributed by atoms with Gasteiger partial charge in [-0.25, -0.2) is 9.37 Å². The summed E-state index contributed by atoms with van der Waals surface area (Å²) in [5, 5.41) is 5.20. The second-order valence-corrected chi connectivity index (χ2v) is 4.93. The van der Waals surface area contributed by atoms with Crippen molar-refractivity contribution in [1.82, 2.24) is 15.6 Å². The van der Waals surface area contributed by atoms with Crippen molar-refractivity contribution in [2.75, 3.05) is 20.3 Å². The van der Waals surface area contributed by atoms with Gasteiger partial charge >= 0.3 is 0 Å². The zero-order chi connectivity index (χ0) is 17.4. The van der Waals surface area contributed by atoms with Crippen LogP contribution in [0.4, 0.5) is 4.39 Å². The lowest BCUT2D eigenvalue weighted by Crippen LogP contribution is -2.29. The number of carbonyl (C=O) groups excluding carboxylic acids is 2. The summed E-state index contributed by atoms with van der Waals surface area (Å²) < 4.78 is 18.4. The van der Waals surface area contributed by atoms with E-state index in [0.717, 1.165) is 0 Å². The fourth-order valence-electron chi connectivity index (χ4n) is 1.95. The minimum atomic E-state index is -0.482. The van der Waals surface area contributed by atoms with Crippen molar-refractivity contribution in [3.63, 3.8) is 0 Å². The molecular weight excluding hydrogens is 313 g/mol. The summed E-state index contributed by atoms with van der Waals surface area (Å²) in [6.07, 6.45) is 0. The quantitative estimate of drug-likeness (QED) is 0.754. The molecule has 0 atom stereocenters. The van der Waals surface area contributed by atoms with Crippen LogP contribution in [0.2, 0.25) is 0 Å². The number of pyridine rings is 1. The zero-order valence-electron chi connectivity index (χ0n) is 13.2. The molecule has 0 bridgehead atoms. The highest BCUT2D eigenvalue weighted by atomic mass is 19.1. The Morgan fingerprint density at radius 2 is 1.71 bits per heavy atom. The van der Waals surface area contributed by atoms with Crippen molar-refractivity contribution < 1.29 is 18.7 Å². The third-order valence-electron chi connectivity index (χ3n) is 3.20. The van der Waals surface area contributed by atoms with Crippen LogP contribution in [0.5, 0.6) is 0 Å². The monoisotopic (exact) mass is 331 g/mol. The predicted octanol–water partition coefficient (Wildman–Crippen LogP) is 1.53. The van der Waals surface area contributed by atoms with Crippen LogP contribution >= 0.6 is 0 Å². The third-order valence-corrected chi connectivity index (χ3v) is 3.20. The first kappa shape index (κ1) is 17.6. The van der Waals surface area contributed by atoms with Gasteiger partial charge in [0.15, 0.2) is 0 Å². The van der Waals surface area contributed by atoms with E-state index in [2.05, 4.69) is 15.6 Å². The predicted molar refractivity (Wildman–Crippen MR) is 86.0 cm³/mol. The topological polar surface area (TPSA) is 80.3 Å². The molecule has 0 saturated carbocycles. The number of hydrogen-bond acceptors (Lipinski definition) is 4. The van der Waals surface area contributed by atoms with Crippen LogP contribution in [-0.4, -0.2) is 37.1 Å². The highest BCUT2D eigenvalue weighted by Crippen LogP contribution is 2.06. The molecule has 0 fully saturated rings. The maximum absolute atomic E-state index is 13.5. The summed E-state index contributed by atoms with van der Waals surface area (Å²) >= 11 is 0. The number of benzene rings is 1. The molecule has 2 amide bonds. The zero-order valence-corrected chi connectivity index (χ0v) is 13.2. The summed E-state index contributed by atoms with van der Waals surface area (Å²) in [5.41, 5.74) is 0.592. The number of methoxy groups -OCH3 is 1. The molecule has 0 aliphatic heterocycles. The largest absolute Gasteiger partial charge is 0.383 e. The molecule has 2 aromatic rings. The third kappa shape index (κ3) is 4.85. The van der Waals surface area contributed by atoms with E-state index in [1.807, 2.05) is 0 Å². The number of ether oxygens (including phenoxy) is 1. The molecule has 0 unspecified atom stereocenters. The van der Waals surface area contributed by atoms with Crippen molar-refractivity contribution in [1.29, 1.82) is 0 Å². The molecule has 2 rings (SSSR count). The minimum Gasteiger partial charge on any atom is -0.383 e. The van der Waals surface area contributed by atoms with E-state index >= 15 is 0 Å². The van der Waals surface area contributed by atoms with E-state index in [-0.39, 0.29) is 17.9 Å². The highest BCUT2D eigenvalue weighted by molar-refractivity contribution is 5.96. The van der Waals surface area contributed by atoms with E-state index in [1.165, 1.54) is 25.3 Å². The first-order valence-electron chi connectivity index (χ1n) is 7.37. The van der Waals surface area contributed by atoms with Gasteiger partial charge in [0.25, 0.3) is 11.8 Å². The molecule has 2 N–H and O–H groups in total. The first-order valence-corrected chi connectivity index (χ1v) is 7.37. The maximum atomic E-state index is 13.5. The molecule has 7 heteroatoms. The minimum absolute atomic E-state index is 0.0391. The van der Waals surface area contributed by atoms with Crippen LogP contribution in [0.3, 0.4) is 0 Å². The van der Waals surface area contributed by atoms with Crippen LogP contribution < -0.4 is 10.6 Å². The average molecular weight is 331 g/mol. The standard InChI is InChI=1S/C17H18FN3O3/c1-24-10-9-19-16(22)14-7-4-8-15(21-14)17(23)20-11-12-5-2-3-6-13(12)18/h2-8H,9-11H2,1H3,(H,19,22)(H,20,23). The molecule has 126 valence electrons. The normalized spacial score (nSPS) is 10.2. The number of rotatable bonds is 7. The van der Waals surface area contributed by atoms with Crippen molar-refractivity contribution in [2.45, 2.75) is 6.54 Å². The van der Waals surface area contributed by atoms with Crippen LogP contribution in [0.1, 0.15) is 26.5 Å². The Bertz CT molecular complexity index is 722. The van der Waals surface area contributed by atoms with Crippen LogP contribution in [0.15, 0.2) is 42.5 Å². The van der Waals surface area contributed by atoms with Crippen molar-refractivity contribution in [2.24, 2.45) is 0 Å². The second-order valence-electron chi connectivity index (χ2n) is 4.93. The molecule has 1 aromatic heterocycles. The van der Waals surface area contributed by atoms with Gasteiger partial charge in [0.1, 0.15) is 17.2 Å². The van der Waals surface area contributed by atoms with Crippen molar-refractivity contribution >= 4 is 11.8 Å². The van der Waals surface area contributed by atoms with Crippen molar-refractivity contribution in [3.8, 4) is 0 Å². The molecule has 0 spiro atoms. The number of halogens is 1. The Morgan fingerprint density at radius 3 is 2.38 bits per heavy atom. The smallest absolute Gasteiger partial charge is 0.270 e. The maximum Gasteiger partial charge on any atom is 0.270 e. The molecule has 0 saturated heterocycles. The summed E-state index contributed by atoms with van der Waals surface area (Å²) in [7, 11) is 1.53. The number of hydrogen-bond donors (Lipinski definition) is 2. The van der Waals surface area contributed by atoms with Gasteiger partial charge in [0, 0.05) is 25.8 Å². The van der Waals surface area contributed by atoms with Gasteiger partial charge in [-0.2, -0.15) is 0 Å². The molecule has 0 aliphatic carbocycles. The molecule has 1 heterocycles. The lowest BCUT2D eigenvalue weighted by atomic mass is 10.2. The molecule has 24 heavy (non-hydrogen) atoms. The summed E-state index contributed by atoms with van der Waals surface area (Å²) in [6, 6.07) is 10.7. The Labute approximate surface area is 139 Å². The van der Waals surface area contributed by atoms with Gasteiger partial charge in [-0.15, -0.1) is 0 Å². The van der Waals surface area contributed by atoms with E-state index in [1.54, 1.807) is 24.3 Å².